The van der Waals surface area contributed by atoms with Crippen molar-refractivity contribution in [2.24, 2.45) is 0 Å². The van der Waals surface area contributed by atoms with Crippen LogP contribution < -0.4 is 4.72 Å². The van der Waals surface area contributed by atoms with Gasteiger partial charge < -0.3 is 0 Å². The Morgan fingerprint density at radius 1 is 1.31 bits per heavy atom. The zero-order chi connectivity index (χ0) is 10.9. The molecule has 80 valence electrons. The Morgan fingerprint density at radius 2 is 1.69 bits per heavy atom. The highest BCUT2D eigenvalue weighted by atomic mass is 35.7. The Labute approximate surface area is 81.6 Å². The minimum atomic E-state index is -4.43. The maximum Gasteiger partial charge on any atom is 0.333 e. The van der Waals surface area contributed by atoms with Crippen molar-refractivity contribution < 1.29 is 21.4 Å². The zero-order valence-corrected chi connectivity index (χ0v) is 9.37. The third-order valence-corrected chi connectivity index (χ3v) is 3.14. The summed E-state index contributed by atoms with van der Waals surface area (Å²) in [5, 5.41) is 0. The van der Waals surface area contributed by atoms with E-state index in [4.69, 9.17) is 15.2 Å². The minimum Gasteiger partial charge on any atom is -0.273 e. The third kappa shape index (κ3) is 8.44. The first-order valence-corrected chi connectivity index (χ1v) is 7.02. The summed E-state index contributed by atoms with van der Waals surface area (Å²) in [6.45, 7) is 2.56. The van der Waals surface area contributed by atoms with Crippen LogP contribution in [0.2, 0.25) is 0 Å². The largest absolute Gasteiger partial charge is 0.333 e. The van der Waals surface area contributed by atoms with E-state index in [0.29, 0.717) is 0 Å². The SMILES string of the molecule is CC(C)(CS(=O)(=O)Cl)NS(=O)(=O)O. The van der Waals surface area contributed by atoms with Crippen molar-refractivity contribution in [2.45, 2.75) is 19.4 Å². The predicted octanol–water partition coefficient (Wildman–Crippen LogP) is -0.274. The predicted molar refractivity (Wildman–Crippen MR) is 48.4 cm³/mol. The highest BCUT2D eigenvalue weighted by Gasteiger charge is 2.28. The first-order valence-electron chi connectivity index (χ1n) is 3.10. The van der Waals surface area contributed by atoms with E-state index in [0.717, 1.165) is 0 Å². The number of hydrogen-bond donors (Lipinski definition) is 2. The van der Waals surface area contributed by atoms with E-state index in [1.807, 2.05) is 0 Å². The standard InChI is InChI=1S/C4H10ClNO5S2/c1-4(2,3-12(5,7)8)6-13(9,10)11/h6H,3H2,1-2H3,(H,9,10,11). The fourth-order valence-corrected chi connectivity index (χ4v) is 3.42. The molecule has 0 aromatic rings. The van der Waals surface area contributed by atoms with Crippen molar-refractivity contribution in [2.75, 3.05) is 5.75 Å². The quantitative estimate of drug-likeness (QED) is 0.529. The van der Waals surface area contributed by atoms with Gasteiger partial charge in [-0.1, -0.05) is 0 Å². The summed E-state index contributed by atoms with van der Waals surface area (Å²) in [6.07, 6.45) is 0. The van der Waals surface area contributed by atoms with Gasteiger partial charge in [-0.25, -0.2) is 8.42 Å². The van der Waals surface area contributed by atoms with Crippen molar-refractivity contribution in [1.82, 2.24) is 4.72 Å². The van der Waals surface area contributed by atoms with Gasteiger partial charge in [-0.15, -0.1) is 0 Å². The smallest absolute Gasteiger partial charge is 0.273 e. The molecule has 0 bridgehead atoms. The molecule has 0 heterocycles. The zero-order valence-electron chi connectivity index (χ0n) is 6.98. The number of hydrogen-bond acceptors (Lipinski definition) is 4. The summed E-state index contributed by atoms with van der Waals surface area (Å²) in [5.41, 5.74) is -1.34. The molecular formula is C4H10ClNO5S2. The van der Waals surface area contributed by atoms with Crippen LogP contribution in [-0.4, -0.2) is 32.7 Å². The molecule has 13 heavy (non-hydrogen) atoms. The van der Waals surface area contributed by atoms with Gasteiger partial charge in [-0.3, -0.25) is 4.55 Å². The summed E-state index contributed by atoms with van der Waals surface area (Å²) in [6, 6.07) is 0. The van der Waals surface area contributed by atoms with Gasteiger partial charge in [0.15, 0.2) is 0 Å². The van der Waals surface area contributed by atoms with Crippen LogP contribution in [0.1, 0.15) is 13.8 Å². The molecule has 0 radical (unpaired) electrons. The lowest BCUT2D eigenvalue weighted by atomic mass is 10.1. The molecular weight excluding hydrogens is 242 g/mol. The molecule has 0 aromatic heterocycles. The average Bonchev–Trinajstić information content (AvgIpc) is 1.43. The molecule has 0 saturated heterocycles. The van der Waals surface area contributed by atoms with Crippen molar-refractivity contribution in [1.29, 1.82) is 0 Å². The van der Waals surface area contributed by atoms with Crippen LogP contribution in [-0.2, 0) is 19.4 Å². The van der Waals surface area contributed by atoms with Gasteiger partial charge in [-0.2, -0.15) is 13.1 Å². The van der Waals surface area contributed by atoms with Gasteiger partial charge in [-0.05, 0) is 13.8 Å². The van der Waals surface area contributed by atoms with E-state index < -0.39 is 30.6 Å². The van der Waals surface area contributed by atoms with E-state index in [9.17, 15) is 16.8 Å². The lowest BCUT2D eigenvalue weighted by molar-refractivity contribution is 0.424. The number of nitrogens with one attached hydrogen (secondary N) is 1. The third-order valence-electron chi connectivity index (χ3n) is 0.939. The van der Waals surface area contributed by atoms with Crippen LogP contribution in [0.15, 0.2) is 0 Å². The van der Waals surface area contributed by atoms with E-state index >= 15 is 0 Å². The fourth-order valence-electron chi connectivity index (χ4n) is 0.810. The molecule has 0 aliphatic heterocycles. The van der Waals surface area contributed by atoms with Gasteiger partial charge in [0.25, 0.3) is 0 Å². The van der Waals surface area contributed by atoms with Crippen molar-refractivity contribution in [3.05, 3.63) is 0 Å². The molecule has 6 nitrogen and oxygen atoms in total. The minimum absolute atomic E-state index is 0.610. The fraction of sp³-hybridized carbons (Fsp3) is 1.00. The van der Waals surface area contributed by atoms with Crippen LogP contribution in [0.3, 0.4) is 0 Å². The lowest BCUT2D eigenvalue weighted by Crippen LogP contribution is -2.47. The molecule has 0 aliphatic rings. The molecule has 0 unspecified atom stereocenters. The summed E-state index contributed by atoms with van der Waals surface area (Å²) in [7, 11) is -3.35. The summed E-state index contributed by atoms with van der Waals surface area (Å²) >= 11 is 0. The Balaban J connectivity index is 4.62. The van der Waals surface area contributed by atoms with Gasteiger partial charge >= 0.3 is 10.3 Å². The molecule has 0 atom stereocenters. The Kier molecular flexibility index (Phi) is 3.73. The maximum absolute atomic E-state index is 10.6. The Bertz CT molecular complexity index is 333. The van der Waals surface area contributed by atoms with Gasteiger partial charge in [0.1, 0.15) is 0 Å². The van der Waals surface area contributed by atoms with Crippen molar-refractivity contribution in [3.8, 4) is 0 Å². The van der Waals surface area contributed by atoms with Crippen LogP contribution >= 0.6 is 10.7 Å². The second kappa shape index (κ2) is 3.70. The first-order chi connectivity index (χ1) is 5.41. The van der Waals surface area contributed by atoms with Gasteiger partial charge in [0.2, 0.25) is 9.05 Å². The highest BCUT2D eigenvalue weighted by Crippen LogP contribution is 2.10. The van der Waals surface area contributed by atoms with E-state index in [-0.39, 0.29) is 0 Å². The molecule has 9 heteroatoms. The summed E-state index contributed by atoms with van der Waals surface area (Å²) in [5.74, 6) is -0.610. The highest BCUT2D eigenvalue weighted by molar-refractivity contribution is 8.13. The average molecular weight is 252 g/mol. The molecule has 0 aliphatic carbocycles. The topological polar surface area (TPSA) is 101 Å². The molecule has 0 fully saturated rings. The monoisotopic (exact) mass is 251 g/mol. The summed E-state index contributed by atoms with van der Waals surface area (Å²) in [4.78, 5) is 0. The molecule has 0 spiro atoms. The Morgan fingerprint density at radius 3 is 1.92 bits per heavy atom. The lowest BCUT2D eigenvalue weighted by Gasteiger charge is -2.21. The van der Waals surface area contributed by atoms with E-state index in [1.165, 1.54) is 13.8 Å². The van der Waals surface area contributed by atoms with Gasteiger partial charge in [0.05, 0.1) is 5.75 Å². The van der Waals surface area contributed by atoms with Crippen LogP contribution in [0.5, 0.6) is 0 Å². The van der Waals surface area contributed by atoms with E-state index in [1.54, 1.807) is 4.72 Å². The van der Waals surface area contributed by atoms with Crippen LogP contribution in [0.25, 0.3) is 0 Å². The molecule has 2 N–H and O–H groups in total. The van der Waals surface area contributed by atoms with Crippen LogP contribution in [0, 0.1) is 0 Å². The second-order valence-electron chi connectivity index (χ2n) is 3.14. The van der Waals surface area contributed by atoms with Crippen molar-refractivity contribution >= 4 is 30.0 Å². The summed E-state index contributed by atoms with van der Waals surface area (Å²) < 4.78 is 51.9. The maximum atomic E-state index is 10.6. The number of rotatable bonds is 4. The Hall–Kier alpha value is 0.110. The number of halogens is 1. The van der Waals surface area contributed by atoms with Crippen LogP contribution in [0.4, 0.5) is 0 Å². The molecule has 0 aromatic carbocycles. The first kappa shape index (κ1) is 13.1. The second-order valence-corrected chi connectivity index (χ2v) is 7.08. The molecule has 0 rings (SSSR count). The van der Waals surface area contributed by atoms with E-state index in [2.05, 4.69) is 0 Å². The normalized spacial score (nSPS) is 14.5. The molecule has 0 saturated carbocycles. The van der Waals surface area contributed by atoms with Gasteiger partial charge in [0, 0.05) is 16.2 Å². The molecule has 0 amide bonds. The van der Waals surface area contributed by atoms with Crippen molar-refractivity contribution in [3.63, 3.8) is 0 Å².